The van der Waals surface area contributed by atoms with Crippen molar-refractivity contribution in [1.82, 2.24) is 4.31 Å². The normalized spacial score (nSPS) is 16.9. The molecule has 0 bridgehead atoms. The predicted molar refractivity (Wildman–Crippen MR) is 119 cm³/mol. The van der Waals surface area contributed by atoms with E-state index in [1.807, 2.05) is 30.5 Å². The summed E-state index contributed by atoms with van der Waals surface area (Å²) in [6.45, 7) is 2.08. The largest absolute Gasteiger partial charge is 0.325 e. The number of nitrogens with one attached hydrogen (secondary N) is 1. The Kier molecular flexibility index (Phi) is 6.54. The molecule has 1 unspecified atom stereocenters. The Labute approximate surface area is 181 Å². The Bertz CT molecular complexity index is 1080. The molecule has 1 aliphatic heterocycles. The van der Waals surface area contributed by atoms with Gasteiger partial charge < -0.3 is 10.2 Å². The number of nitrogens with zero attached hydrogens (tertiary/aromatic N) is 2. The fraction of sp³-hybridized carbons (Fsp3) is 0.333. The lowest BCUT2D eigenvalue weighted by Gasteiger charge is -2.18. The van der Waals surface area contributed by atoms with E-state index in [0.29, 0.717) is 5.69 Å². The number of thioether (sulfide) groups is 1. The number of rotatable bonds is 6. The smallest absolute Gasteiger partial charge is 0.242 e. The fourth-order valence-corrected chi connectivity index (χ4v) is 4.63. The molecule has 2 aromatic carbocycles. The molecule has 7 nitrogen and oxygen atoms in total. The van der Waals surface area contributed by atoms with Gasteiger partial charge in [0.25, 0.3) is 0 Å². The van der Waals surface area contributed by atoms with Crippen molar-refractivity contribution in [3.8, 4) is 0 Å². The molecule has 0 aliphatic carbocycles. The van der Waals surface area contributed by atoms with Crippen molar-refractivity contribution in [3.63, 3.8) is 0 Å². The van der Waals surface area contributed by atoms with Gasteiger partial charge in [-0.1, -0.05) is 12.1 Å². The topological polar surface area (TPSA) is 86.8 Å². The Morgan fingerprint density at radius 3 is 2.60 bits per heavy atom. The molecule has 0 saturated carbocycles. The summed E-state index contributed by atoms with van der Waals surface area (Å²) in [5.41, 5.74) is 1.95. The molecule has 0 radical (unpaired) electrons. The van der Waals surface area contributed by atoms with Crippen LogP contribution in [0.3, 0.4) is 0 Å². The first-order chi connectivity index (χ1) is 14.1. The summed E-state index contributed by atoms with van der Waals surface area (Å²) in [6, 6.07) is 12.3. The van der Waals surface area contributed by atoms with E-state index in [-0.39, 0.29) is 29.7 Å². The number of carbonyl (C=O) groups is 2. The zero-order valence-electron chi connectivity index (χ0n) is 17.4. The predicted octanol–water partition coefficient (Wildman–Crippen LogP) is 2.96. The Balaban J connectivity index is 1.78. The van der Waals surface area contributed by atoms with Crippen LogP contribution in [-0.4, -0.2) is 51.4 Å². The van der Waals surface area contributed by atoms with Crippen LogP contribution >= 0.6 is 11.8 Å². The first-order valence-electron chi connectivity index (χ1n) is 9.42. The molecular weight excluding hydrogens is 422 g/mol. The average Bonchev–Trinajstić information content (AvgIpc) is 3.11. The highest BCUT2D eigenvalue weighted by molar-refractivity contribution is 7.98. The van der Waals surface area contributed by atoms with E-state index in [2.05, 4.69) is 5.32 Å². The van der Waals surface area contributed by atoms with E-state index in [9.17, 15) is 18.0 Å². The van der Waals surface area contributed by atoms with Crippen molar-refractivity contribution >= 4 is 45.0 Å². The van der Waals surface area contributed by atoms with Crippen molar-refractivity contribution in [2.45, 2.75) is 23.1 Å². The number of amides is 2. The van der Waals surface area contributed by atoms with Crippen LogP contribution in [0.5, 0.6) is 0 Å². The van der Waals surface area contributed by atoms with Crippen molar-refractivity contribution in [3.05, 3.63) is 48.0 Å². The first kappa shape index (κ1) is 22.3. The van der Waals surface area contributed by atoms with Crippen molar-refractivity contribution in [1.29, 1.82) is 0 Å². The van der Waals surface area contributed by atoms with Gasteiger partial charge >= 0.3 is 0 Å². The maximum absolute atomic E-state index is 12.9. The maximum atomic E-state index is 12.9. The van der Waals surface area contributed by atoms with Crippen molar-refractivity contribution in [2.24, 2.45) is 5.92 Å². The van der Waals surface area contributed by atoms with Gasteiger partial charge in [0.05, 0.1) is 10.8 Å². The van der Waals surface area contributed by atoms with E-state index in [4.69, 9.17) is 0 Å². The van der Waals surface area contributed by atoms with Crippen LogP contribution in [0.15, 0.2) is 52.3 Å². The second-order valence-corrected chi connectivity index (χ2v) is 10.4. The summed E-state index contributed by atoms with van der Waals surface area (Å²) in [5.74, 6) is -0.910. The molecule has 3 rings (SSSR count). The maximum Gasteiger partial charge on any atom is 0.242 e. The van der Waals surface area contributed by atoms with Crippen molar-refractivity contribution in [2.75, 3.05) is 37.1 Å². The van der Waals surface area contributed by atoms with Gasteiger partial charge in [0.15, 0.2) is 0 Å². The number of hydrogen-bond donors (Lipinski definition) is 1. The Morgan fingerprint density at radius 2 is 1.93 bits per heavy atom. The van der Waals surface area contributed by atoms with Crippen molar-refractivity contribution < 1.29 is 18.0 Å². The van der Waals surface area contributed by atoms with E-state index < -0.39 is 15.9 Å². The van der Waals surface area contributed by atoms with Gasteiger partial charge in [-0.3, -0.25) is 9.59 Å². The molecule has 1 aliphatic rings. The zero-order valence-corrected chi connectivity index (χ0v) is 19.0. The third kappa shape index (κ3) is 4.53. The van der Waals surface area contributed by atoms with Crippen LogP contribution in [0.2, 0.25) is 0 Å². The standard InChI is InChI=1S/C21H25N3O4S2/c1-14-8-9-18(30(27,28)23(2)3)12-19(14)22-21(26)15-10-20(25)24(13-15)16-6-5-7-17(11-16)29-4/h5-9,11-12,15H,10,13H2,1-4H3,(H,22,26). The molecule has 160 valence electrons. The van der Waals surface area contributed by atoms with Gasteiger partial charge in [-0.05, 0) is 49.1 Å². The van der Waals surface area contributed by atoms with Crippen LogP contribution in [-0.2, 0) is 19.6 Å². The molecular formula is C21H25N3O4S2. The quantitative estimate of drug-likeness (QED) is 0.688. The molecule has 0 aromatic heterocycles. The number of hydrogen-bond acceptors (Lipinski definition) is 5. The number of sulfonamides is 1. The monoisotopic (exact) mass is 447 g/mol. The minimum absolute atomic E-state index is 0.103. The zero-order chi connectivity index (χ0) is 22.1. The van der Waals surface area contributed by atoms with E-state index in [0.717, 1.165) is 20.5 Å². The molecule has 0 spiro atoms. The molecule has 1 heterocycles. The van der Waals surface area contributed by atoms with E-state index in [1.54, 1.807) is 29.7 Å². The fourth-order valence-electron chi connectivity index (χ4n) is 3.25. The highest BCUT2D eigenvalue weighted by Gasteiger charge is 2.35. The molecule has 1 N–H and O–H groups in total. The molecule has 30 heavy (non-hydrogen) atoms. The summed E-state index contributed by atoms with van der Waals surface area (Å²) in [5, 5.41) is 2.81. The van der Waals surface area contributed by atoms with Gasteiger partial charge in [0.1, 0.15) is 0 Å². The SMILES string of the molecule is CSc1cccc(N2CC(C(=O)Nc3cc(S(=O)(=O)N(C)C)ccc3C)CC2=O)c1. The highest BCUT2D eigenvalue weighted by atomic mass is 32.2. The summed E-state index contributed by atoms with van der Waals surface area (Å²) in [4.78, 5) is 28.2. The number of carbonyl (C=O) groups excluding carboxylic acids is 2. The molecule has 9 heteroatoms. The van der Waals surface area contributed by atoms with E-state index >= 15 is 0 Å². The van der Waals surface area contributed by atoms with Gasteiger partial charge in [-0.15, -0.1) is 11.8 Å². The van der Waals surface area contributed by atoms with Gasteiger partial charge in [-0.25, -0.2) is 12.7 Å². The minimum atomic E-state index is -3.61. The Morgan fingerprint density at radius 1 is 1.20 bits per heavy atom. The molecule has 1 saturated heterocycles. The van der Waals surface area contributed by atoms with Gasteiger partial charge in [0.2, 0.25) is 21.8 Å². The first-order valence-corrected chi connectivity index (χ1v) is 12.1. The lowest BCUT2D eigenvalue weighted by atomic mass is 10.1. The van der Waals surface area contributed by atoms with Crippen LogP contribution in [0.1, 0.15) is 12.0 Å². The van der Waals surface area contributed by atoms with Crippen LogP contribution in [0.4, 0.5) is 11.4 Å². The van der Waals surface area contributed by atoms with Crippen LogP contribution in [0.25, 0.3) is 0 Å². The average molecular weight is 448 g/mol. The summed E-state index contributed by atoms with van der Waals surface area (Å²) < 4.78 is 25.9. The molecule has 2 amide bonds. The lowest BCUT2D eigenvalue weighted by molar-refractivity contribution is -0.122. The van der Waals surface area contributed by atoms with Gasteiger partial charge in [-0.2, -0.15) is 0 Å². The number of benzene rings is 2. The summed E-state index contributed by atoms with van der Waals surface area (Å²) in [7, 11) is -0.700. The highest BCUT2D eigenvalue weighted by Crippen LogP contribution is 2.29. The Hall–Kier alpha value is -2.36. The van der Waals surface area contributed by atoms with Crippen LogP contribution in [0, 0.1) is 12.8 Å². The van der Waals surface area contributed by atoms with Crippen LogP contribution < -0.4 is 10.2 Å². The third-order valence-corrected chi connectivity index (χ3v) is 7.64. The van der Waals surface area contributed by atoms with Gasteiger partial charge in [0, 0.05) is 43.3 Å². The third-order valence-electron chi connectivity index (χ3n) is 5.11. The number of anilines is 2. The summed E-state index contributed by atoms with van der Waals surface area (Å²) in [6.07, 6.45) is 2.08. The lowest BCUT2D eigenvalue weighted by Crippen LogP contribution is -2.28. The molecule has 2 aromatic rings. The minimum Gasteiger partial charge on any atom is -0.325 e. The summed E-state index contributed by atoms with van der Waals surface area (Å²) >= 11 is 1.59. The molecule has 1 fully saturated rings. The second-order valence-electron chi connectivity index (χ2n) is 7.36. The second kappa shape index (κ2) is 8.79. The molecule has 1 atom stereocenters. The van der Waals surface area contributed by atoms with E-state index in [1.165, 1.54) is 26.2 Å². The number of aryl methyl sites for hydroxylation is 1.